The van der Waals surface area contributed by atoms with Crippen molar-refractivity contribution in [3.05, 3.63) is 12.2 Å². The Morgan fingerprint density at radius 2 is 1.45 bits per heavy atom. The first-order valence-electron chi connectivity index (χ1n) is 10.2. The SMILES string of the molecule is O=C(CCCCCCCCCCN1C(=O)C=CC1=O)ON1C(=O)C[C@@H](S(=O)(=O)O)C1=O. The van der Waals surface area contributed by atoms with E-state index in [-0.39, 0.29) is 23.3 Å². The number of hydroxylamine groups is 2. The van der Waals surface area contributed by atoms with Crippen LogP contribution in [0.25, 0.3) is 0 Å². The van der Waals surface area contributed by atoms with Gasteiger partial charge in [-0.3, -0.25) is 28.6 Å². The highest BCUT2D eigenvalue weighted by Gasteiger charge is 2.48. The van der Waals surface area contributed by atoms with Crippen molar-refractivity contribution in [1.29, 1.82) is 0 Å². The predicted molar refractivity (Wildman–Crippen MR) is 105 cm³/mol. The average Bonchev–Trinajstić information content (AvgIpc) is 3.16. The molecule has 31 heavy (non-hydrogen) atoms. The normalized spacial score (nSPS) is 19.1. The molecule has 1 N–H and O–H groups in total. The Labute approximate surface area is 180 Å². The number of hydrogen-bond acceptors (Lipinski definition) is 8. The van der Waals surface area contributed by atoms with E-state index < -0.39 is 39.6 Å². The second-order valence-corrected chi connectivity index (χ2v) is 9.04. The van der Waals surface area contributed by atoms with Gasteiger partial charge in [-0.1, -0.05) is 38.5 Å². The summed E-state index contributed by atoms with van der Waals surface area (Å²) < 4.78 is 31.0. The van der Waals surface area contributed by atoms with Crippen molar-refractivity contribution in [3.8, 4) is 0 Å². The van der Waals surface area contributed by atoms with Crippen LogP contribution in [-0.2, 0) is 38.9 Å². The third-order valence-electron chi connectivity index (χ3n) is 5.03. The smallest absolute Gasteiger partial charge is 0.330 e. The van der Waals surface area contributed by atoms with Crippen LogP contribution in [0.5, 0.6) is 0 Å². The van der Waals surface area contributed by atoms with Crippen LogP contribution in [-0.4, -0.2) is 64.3 Å². The average molecular weight is 458 g/mol. The van der Waals surface area contributed by atoms with E-state index in [2.05, 4.69) is 4.84 Å². The fraction of sp³-hybridized carbons (Fsp3) is 0.632. The Morgan fingerprint density at radius 1 is 0.935 bits per heavy atom. The summed E-state index contributed by atoms with van der Waals surface area (Å²) in [4.78, 5) is 63.8. The second kappa shape index (κ2) is 11.1. The Kier molecular flexibility index (Phi) is 8.87. The van der Waals surface area contributed by atoms with E-state index >= 15 is 0 Å². The monoisotopic (exact) mass is 458 g/mol. The Bertz CT molecular complexity index is 848. The second-order valence-electron chi connectivity index (χ2n) is 7.44. The van der Waals surface area contributed by atoms with Gasteiger partial charge >= 0.3 is 5.97 Å². The molecule has 2 aliphatic heterocycles. The summed E-state index contributed by atoms with van der Waals surface area (Å²) in [7, 11) is -4.74. The van der Waals surface area contributed by atoms with Gasteiger partial charge in [0.2, 0.25) is 0 Å². The molecule has 1 saturated heterocycles. The number of unbranched alkanes of at least 4 members (excludes halogenated alkanes) is 7. The molecule has 172 valence electrons. The van der Waals surface area contributed by atoms with Crippen molar-refractivity contribution in [2.45, 2.75) is 69.5 Å². The number of nitrogens with zero attached hydrogens (tertiary/aromatic N) is 2. The maximum atomic E-state index is 11.8. The molecule has 0 radical (unpaired) electrons. The van der Waals surface area contributed by atoms with Crippen molar-refractivity contribution >= 4 is 39.7 Å². The maximum absolute atomic E-state index is 11.8. The van der Waals surface area contributed by atoms with Gasteiger partial charge in [0, 0.05) is 25.1 Å². The quantitative estimate of drug-likeness (QED) is 0.241. The van der Waals surface area contributed by atoms with Crippen molar-refractivity contribution in [2.24, 2.45) is 0 Å². The van der Waals surface area contributed by atoms with E-state index in [9.17, 15) is 32.4 Å². The summed E-state index contributed by atoms with van der Waals surface area (Å²) in [6.45, 7) is 0.430. The highest BCUT2D eigenvalue weighted by atomic mass is 32.2. The predicted octanol–water partition coefficient (Wildman–Crippen LogP) is 0.896. The zero-order chi connectivity index (χ0) is 23.0. The first kappa shape index (κ1) is 24.7. The van der Waals surface area contributed by atoms with Crippen LogP contribution >= 0.6 is 0 Å². The van der Waals surface area contributed by atoms with Gasteiger partial charge in [0.05, 0.1) is 6.42 Å². The molecular formula is C19H26N2O9S. The Hall–Kier alpha value is -2.60. The van der Waals surface area contributed by atoms with Gasteiger partial charge < -0.3 is 4.84 Å². The zero-order valence-corrected chi connectivity index (χ0v) is 17.8. The van der Waals surface area contributed by atoms with Crippen LogP contribution in [0, 0.1) is 0 Å². The molecule has 2 heterocycles. The largest absolute Gasteiger partial charge is 0.333 e. The number of rotatable bonds is 13. The van der Waals surface area contributed by atoms with Crippen molar-refractivity contribution < 1.29 is 41.8 Å². The summed E-state index contributed by atoms with van der Waals surface area (Å²) in [5.74, 6) is -3.61. The van der Waals surface area contributed by atoms with Crippen molar-refractivity contribution in [3.63, 3.8) is 0 Å². The molecule has 0 aromatic carbocycles. The van der Waals surface area contributed by atoms with Crippen molar-refractivity contribution in [2.75, 3.05) is 6.54 Å². The summed E-state index contributed by atoms with van der Waals surface area (Å²) in [5, 5.41) is -1.82. The van der Waals surface area contributed by atoms with Gasteiger partial charge in [0.1, 0.15) is 0 Å². The van der Waals surface area contributed by atoms with Gasteiger partial charge in [0.15, 0.2) is 5.25 Å². The molecule has 1 atom stereocenters. The summed E-state index contributed by atoms with van der Waals surface area (Å²) >= 11 is 0. The van der Waals surface area contributed by atoms with E-state index in [1.54, 1.807) is 0 Å². The lowest BCUT2D eigenvalue weighted by atomic mass is 10.1. The van der Waals surface area contributed by atoms with Crippen LogP contribution in [0.4, 0.5) is 0 Å². The fourth-order valence-corrected chi connectivity index (χ4v) is 4.01. The fourth-order valence-electron chi connectivity index (χ4n) is 3.31. The minimum atomic E-state index is -4.74. The van der Waals surface area contributed by atoms with E-state index in [1.807, 2.05) is 0 Å². The molecule has 2 aliphatic rings. The Morgan fingerprint density at radius 3 is 1.97 bits per heavy atom. The molecule has 0 saturated carbocycles. The molecule has 2 rings (SSSR count). The summed E-state index contributed by atoms with van der Waals surface area (Å²) in [6, 6.07) is 0. The number of carbonyl (C=O) groups excluding carboxylic acids is 5. The third-order valence-corrected chi connectivity index (χ3v) is 6.12. The topological polar surface area (TPSA) is 155 Å². The number of hydrogen-bond donors (Lipinski definition) is 1. The van der Waals surface area contributed by atoms with E-state index in [0.717, 1.165) is 44.9 Å². The minimum absolute atomic E-state index is 0.0282. The van der Waals surface area contributed by atoms with E-state index in [4.69, 9.17) is 4.55 Å². The summed E-state index contributed by atoms with van der Waals surface area (Å²) in [5.41, 5.74) is 0. The number of amides is 4. The van der Waals surface area contributed by atoms with Crippen LogP contribution < -0.4 is 0 Å². The lowest BCUT2D eigenvalue weighted by Gasteiger charge is -2.13. The lowest BCUT2D eigenvalue weighted by Crippen LogP contribution is -2.36. The van der Waals surface area contributed by atoms with Gasteiger partial charge in [-0.05, 0) is 12.8 Å². The zero-order valence-electron chi connectivity index (χ0n) is 17.0. The molecule has 0 spiro atoms. The van der Waals surface area contributed by atoms with Gasteiger partial charge in [-0.15, -0.1) is 5.06 Å². The third kappa shape index (κ3) is 7.24. The first-order chi connectivity index (χ1) is 14.6. The summed E-state index contributed by atoms with van der Waals surface area (Å²) in [6.07, 6.45) is 8.46. The molecule has 12 heteroatoms. The number of carbonyl (C=O) groups is 5. The van der Waals surface area contributed by atoms with Gasteiger partial charge in [0.25, 0.3) is 33.7 Å². The molecular weight excluding hydrogens is 432 g/mol. The standard InChI is InChI=1S/C19H26N2O9S/c22-15-10-11-16(23)20(15)12-8-6-4-2-1-3-5-7-9-18(25)30-21-17(24)13-14(19(21)26)31(27,28)29/h10-11,14H,1-9,12-13H2,(H,27,28,29)/t14-/m1/s1. The van der Waals surface area contributed by atoms with E-state index in [0.29, 0.717) is 13.0 Å². The van der Waals surface area contributed by atoms with Crippen LogP contribution in [0.3, 0.4) is 0 Å². The molecule has 4 amide bonds. The van der Waals surface area contributed by atoms with Crippen LogP contribution in [0.1, 0.15) is 64.2 Å². The minimum Gasteiger partial charge on any atom is -0.330 e. The lowest BCUT2D eigenvalue weighted by molar-refractivity contribution is -0.197. The van der Waals surface area contributed by atoms with Crippen LogP contribution in [0.2, 0.25) is 0 Å². The highest BCUT2D eigenvalue weighted by Crippen LogP contribution is 2.20. The van der Waals surface area contributed by atoms with E-state index in [1.165, 1.54) is 17.1 Å². The van der Waals surface area contributed by atoms with Crippen LogP contribution in [0.15, 0.2) is 12.2 Å². The molecule has 1 fully saturated rings. The molecule has 0 aromatic rings. The number of imide groups is 2. The molecule has 0 aliphatic carbocycles. The highest BCUT2D eigenvalue weighted by molar-refractivity contribution is 7.87. The van der Waals surface area contributed by atoms with Gasteiger partial charge in [-0.25, -0.2) is 4.79 Å². The maximum Gasteiger partial charge on any atom is 0.333 e. The van der Waals surface area contributed by atoms with Crippen molar-refractivity contribution in [1.82, 2.24) is 9.96 Å². The van der Waals surface area contributed by atoms with Gasteiger partial charge in [-0.2, -0.15) is 8.42 Å². The Balaban J connectivity index is 1.49. The molecule has 11 nitrogen and oxygen atoms in total. The molecule has 0 aromatic heterocycles. The molecule has 0 bridgehead atoms. The first-order valence-corrected chi connectivity index (χ1v) is 11.7. The molecule has 0 unspecified atom stereocenters.